The number of hydrogen-bond donors (Lipinski definition) is 0. The van der Waals surface area contributed by atoms with Gasteiger partial charge in [-0.2, -0.15) is 5.26 Å². The fourth-order valence-corrected chi connectivity index (χ4v) is 2.04. The van der Waals surface area contributed by atoms with Gasteiger partial charge in [0.2, 0.25) is 5.69 Å². The molecule has 2 rings (SSSR count). The van der Waals surface area contributed by atoms with Crippen molar-refractivity contribution in [3.63, 3.8) is 0 Å². The average Bonchev–Trinajstić information content (AvgIpc) is 2.39. The molecular formula is C12H16N4O. The predicted molar refractivity (Wildman–Crippen MR) is 62.5 cm³/mol. The summed E-state index contributed by atoms with van der Waals surface area (Å²) in [5, 5.41) is 8.90. The fourth-order valence-electron chi connectivity index (χ4n) is 2.04. The Balaban J connectivity index is 2.03. The monoisotopic (exact) mass is 232 g/mol. The van der Waals surface area contributed by atoms with Crippen LogP contribution in [-0.2, 0) is 0 Å². The van der Waals surface area contributed by atoms with Crippen LogP contribution in [0.15, 0.2) is 12.4 Å². The standard InChI is InChI=1S/C12H16N4O/c1-2-16-7-3-4-10(9-16)17-12-11(8-13)14-5-6-15-12/h5-6,10H,2-4,7,9H2,1H3/t10-/m0/s1. The minimum absolute atomic E-state index is 0.118. The minimum atomic E-state index is 0.118. The maximum Gasteiger partial charge on any atom is 0.251 e. The molecule has 90 valence electrons. The Hall–Kier alpha value is -1.67. The molecule has 0 unspecified atom stereocenters. The van der Waals surface area contributed by atoms with Crippen molar-refractivity contribution in [2.24, 2.45) is 0 Å². The number of ether oxygens (including phenoxy) is 1. The lowest BCUT2D eigenvalue weighted by Crippen LogP contribution is -2.41. The van der Waals surface area contributed by atoms with E-state index >= 15 is 0 Å². The first-order valence-electron chi connectivity index (χ1n) is 5.93. The summed E-state index contributed by atoms with van der Waals surface area (Å²) in [5.74, 6) is 0.359. The van der Waals surface area contributed by atoms with Gasteiger partial charge in [-0.15, -0.1) is 0 Å². The number of aromatic nitrogens is 2. The van der Waals surface area contributed by atoms with E-state index in [1.165, 1.54) is 6.20 Å². The summed E-state index contributed by atoms with van der Waals surface area (Å²) in [5.41, 5.74) is 0.265. The first kappa shape index (κ1) is 11.8. The van der Waals surface area contributed by atoms with E-state index in [9.17, 15) is 0 Å². The van der Waals surface area contributed by atoms with Crippen molar-refractivity contribution < 1.29 is 4.74 Å². The lowest BCUT2D eigenvalue weighted by atomic mass is 10.1. The highest BCUT2D eigenvalue weighted by molar-refractivity contribution is 5.30. The topological polar surface area (TPSA) is 62.0 Å². The Kier molecular flexibility index (Phi) is 3.89. The van der Waals surface area contributed by atoms with Crippen LogP contribution in [0.3, 0.4) is 0 Å². The van der Waals surface area contributed by atoms with Gasteiger partial charge in [0.05, 0.1) is 0 Å². The van der Waals surface area contributed by atoms with E-state index < -0.39 is 0 Å². The van der Waals surface area contributed by atoms with E-state index in [2.05, 4.69) is 21.8 Å². The van der Waals surface area contributed by atoms with Gasteiger partial charge in [-0.05, 0) is 25.9 Å². The zero-order valence-electron chi connectivity index (χ0n) is 9.96. The van der Waals surface area contributed by atoms with Crippen LogP contribution in [0.4, 0.5) is 0 Å². The quantitative estimate of drug-likeness (QED) is 0.784. The summed E-state index contributed by atoms with van der Waals surface area (Å²) >= 11 is 0. The zero-order valence-corrected chi connectivity index (χ0v) is 9.96. The van der Waals surface area contributed by atoms with Gasteiger partial charge in [-0.1, -0.05) is 6.92 Å². The maximum absolute atomic E-state index is 8.90. The second kappa shape index (κ2) is 5.60. The van der Waals surface area contributed by atoms with Crippen molar-refractivity contribution in [2.45, 2.75) is 25.9 Å². The van der Waals surface area contributed by atoms with E-state index in [-0.39, 0.29) is 11.8 Å². The Bertz CT molecular complexity index is 415. The molecule has 0 spiro atoms. The van der Waals surface area contributed by atoms with Crippen LogP contribution in [0.5, 0.6) is 5.88 Å². The first-order valence-corrected chi connectivity index (χ1v) is 5.93. The molecule has 1 saturated heterocycles. The van der Waals surface area contributed by atoms with Crippen molar-refractivity contribution in [3.05, 3.63) is 18.1 Å². The number of rotatable bonds is 3. The van der Waals surface area contributed by atoms with Crippen LogP contribution >= 0.6 is 0 Å². The SMILES string of the molecule is CCN1CCC[C@H](Oc2nccnc2C#N)C1. The van der Waals surface area contributed by atoms with E-state index in [0.29, 0.717) is 5.88 Å². The lowest BCUT2D eigenvalue weighted by Gasteiger charge is -2.31. The highest BCUT2D eigenvalue weighted by atomic mass is 16.5. The first-order chi connectivity index (χ1) is 8.33. The molecule has 0 aliphatic carbocycles. The van der Waals surface area contributed by atoms with Gasteiger partial charge in [0, 0.05) is 18.9 Å². The molecule has 5 heteroatoms. The number of nitriles is 1. The molecular weight excluding hydrogens is 216 g/mol. The van der Waals surface area contributed by atoms with Crippen molar-refractivity contribution in [2.75, 3.05) is 19.6 Å². The largest absolute Gasteiger partial charge is 0.471 e. The Morgan fingerprint density at radius 3 is 3.12 bits per heavy atom. The van der Waals surface area contributed by atoms with Gasteiger partial charge < -0.3 is 4.74 Å². The molecule has 0 radical (unpaired) electrons. The second-order valence-corrected chi connectivity index (χ2v) is 4.10. The minimum Gasteiger partial charge on any atom is -0.471 e. The van der Waals surface area contributed by atoms with Crippen LogP contribution in [0.2, 0.25) is 0 Å². The number of hydrogen-bond acceptors (Lipinski definition) is 5. The maximum atomic E-state index is 8.90. The molecule has 0 N–H and O–H groups in total. The van der Waals surface area contributed by atoms with Gasteiger partial charge >= 0.3 is 0 Å². The van der Waals surface area contributed by atoms with Gasteiger partial charge in [0.15, 0.2) is 0 Å². The molecule has 0 saturated carbocycles. The molecule has 1 fully saturated rings. The van der Waals surface area contributed by atoms with Gasteiger partial charge in [-0.3, -0.25) is 4.90 Å². The molecule has 5 nitrogen and oxygen atoms in total. The van der Waals surface area contributed by atoms with Crippen LogP contribution in [0, 0.1) is 11.3 Å². The molecule has 17 heavy (non-hydrogen) atoms. The van der Waals surface area contributed by atoms with E-state index in [4.69, 9.17) is 10.00 Å². The van der Waals surface area contributed by atoms with Crippen LogP contribution in [0.1, 0.15) is 25.5 Å². The Morgan fingerprint density at radius 2 is 2.35 bits per heavy atom. The molecule has 1 aromatic rings. The van der Waals surface area contributed by atoms with Crippen LogP contribution < -0.4 is 4.74 Å². The highest BCUT2D eigenvalue weighted by Crippen LogP contribution is 2.18. The highest BCUT2D eigenvalue weighted by Gasteiger charge is 2.21. The van der Waals surface area contributed by atoms with Crippen molar-refractivity contribution in [3.8, 4) is 11.9 Å². The predicted octanol–water partition coefficient (Wildman–Crippen LogP) is 1.21. The third-order valence-electron chi connectivity index (χ3n) is 2.96. The number of nitrogens with zero attached hydrogens (tertiary/aromatic N) is 4. The summed E-state index contributed by atoms with van der Waals surface area (Å²) in [6.45, 7) is 5.21. The van der Waals surface area contributed by atoms with Crippen molar-refractivity contribution in [1.29, 1.82) is 5.26 Å². The number of likely N-dealkylation sites (N-methyl/N-ethyl adjacent to an activating group) is 1. The lowest BCUT2D eigenvalue weighted by molar-refractivity contribution is 0.0876. The van der Waals surface area contributed by atoms with Gasteiger partial charge in [0.1, 0.15) is 12.2 Å². The molecule has 0 aromatic carbocycles. The third kappa shape index (κ3) is 2.92. The van der Waals surface area contributed by atoms with Crippen LogP contribution in [-0.4, -0.2) is 40.6 Å². The Labute approximate surface area is 101 Å². The van der Waals surface area contributed by atoms with Gasteiger partial charge in [0.25, 0.3) is 5.88 Å². The molecule has 1 atom stereocenters. The van der Waals surface area contributed by atoms with E-state index in [1.54, 1.807) is 6.20 Å². The summed E-state index contributed by atoms with van der Waals surface area (Å²) in [6, 6.07) is 2.00. The summed E-state index contributed by atoms with van der Waals surface area (Å²) < 4.78 is 5.77. The van der Waals surface area contributed by atoms with E-state index in [1.807, 2.05) is 6.07 Å². The summed E-state index contributed by atoms with van der Waals surface area (Å²) in [7, 11) is 0. The molecule has 1 aromatic heterocycles. The second-order valence-electron chi connectivity index (χ2n) is 4.10. The van der Waals surface area contributed by atoms with Crippen molar-refractivity contribution >= 4 is 0 Å². The molecule has 0 amide bonds. The normalized spacial score (nSPS) is 20.8. The zero-order chi connectivity index (χ0) is 12.1. The summed E-state index contributed by atoms with van der Waals surface area (Å²) in [4.78, 5) is 10.4. The summed E-state index contributed by atoms with van der Waals surface area (Å²) in [6.07, 6.45) is 5.31. The van der Waals surface area contributed by atoms with Crippen LogP contribution in [0.25, 0.3) is 0 Å². The molecule has 2 heterocycles. The molecule has 0 bridgehead atoms. The fraction of sp³-hybridized carbons (Fsp3) is 0.583. The van der Waals surface area contributed by atoms with Crippen molar-refractivity contribution in [1.82, 2.24) is 14.9 Å². The Morgan fingerprint density at radius 1 is 1.53 bits per heavy atom. The number of likely N-dealkylation sites (tertiary alicyclic amines) is 1. The third-order valence-corrected chi connectivity index (χ3v) is 2.96. The number of piperidine rings is 1. The smallest absolute Gasteiger partial charge is 0.251 e. The van der Waals surface area contributed by atoms with E-state index in [0.717, 1.165) is 32.5 Å². The average molecular weight is 232 g/mol. The molecule has 1 aliphatic heterocycles. The van der Waals surface area contributed by atoms with Gasteiger partial charge in [-0.25, -0.2) is 9.97 Å². The molecule has 1 aliphatic rings.